The van der Waals surface area contributed by atoms with Gasteiger partial charge in [0.25, 0.3) is 11.5 Å². The van der Waals surface area contributed by atoms with Crippen molar-refractivity contribution in [2.45, 2.75) is 12.7 Å². The fourth-order valence-corrected chi connectivity index (χ4v) is 3.45. The number of carbonyl (C=O) groups is 2. The van der Waals surface area contributed by atoms with Gasteiger partial charge in [-0.3, -0.25) is 19.5 Å². The lowest BCUT2D eigenvalue weighted by Gasteiger charge is -2.13. The maximum Gasteiger partial charge on any atom is 0.405 e. The highest BCUT2D eigenvalue weighted by Crippen LogP contribution is 2.28. The van der Waals surface area contributed by atoms with E-state index in [1.807, 2.05) is 0 Å². The first-order valence-corrected chi connectivity index (χ1v) is 9.62. The number of rotatable bonds is 6. The SMILES string of the molecule is NC(=O)c1cc(Nc2cccc3ccn(CC(=O)NCC(F)(F)F)c(=O)c23)cc2cn[nH]c12. The van der Waals surface area contributed by atoms with Crippen LogP contribution in [-0.2, 0) is 11.3 Å². The van der Waals surface area contributed by atoms with Crippen LogP contribution in [-0.4, -0.2) is 39.3 Å². The molecule has 2 heterocycles. The molecule has 0 atom stereocenters. The number of alkyl halides is 3. The molecule has 170 valence electrons. The van der Waals surface area contributed by atoms with Gasteiger partial charge >= 0.3 is 6.18 Å². The summed E-state index contributed by atoms with van der Waals surface area (Å²) in [4.78, 5) is 36.8. The Morgan fingerprint density at radius 3 is 2.67 bits per heavy atom. The number of pyridine rings is 1. The lowest BCUT2D eigenvalue weighted by molar-refractivity contribution is -0.138. The van der Waals surface area contributed by atoms with E-state index in [2.05, 4.69) is 15.5 Å². The average molecular weight is 458 g/mol. The predicted molar refractivity (Wildman–Crippen MR) is 115 cm³/mol. The summed E-state index contributed by atoms with van der Waals surface area (Å²) >= 11 is 0. The van der Waals surface area contributed by atoms with Gasteiger partial charge in [0.2, 0.25) is 5.91 Å². The highest BCUT2D eigenvalue weighted by Gasteiger charge is 2.27. The smallest absolute Gasteiger partial charge is 0.366 e. The number of H-pyrrole nitrogens is 1. The molecule has 0 aliphatic rings. The van der Waals surface area contributed by atoms with Crippen molar-refractivity contribution in [3.63, 3.8) is 0 Å². The molecular formula is C21H17F3N6O3. The Morgan fingerprint density at radius 2 is 1.94 bits per heavy atom. The molecule has 0 aliphatic heterocycles. The minimum atomic E-state index is -4.55. The second-order valence-electron chi connectivity index (χ2n) is 7.26. The number of anilines is 2. The molecule has 12 heteroatoms. The van der Waals surface area contributed by atoms with E-state index in [-0.39, 0.29) is 10.9 Å². The van der Waals surface area contributed by atoms with Crippen LogP contribution in [0.4, 0.5) is 24.5 Å². The van der Waals surface area contributed by atoms with Crippen LogP contribution in [0, 0.1) is 0 Å². The fourth-order valence-electron chi connectivity index (χ4n) is 3.45. The number of hydrogen-bond donors (Lipinski definition) is 4. The number of primary amides is 1. The van der Waals surface area contributed by atoms with Crippen LogP contribution >= 0.6 is 0 Å². The number of benzene rings is 2. The van der Waals surface area contributed by atoms with Crippen molar-refractivity contribution in [1.82, 2.24) is 20.1 Å². The molecule has 2 aromatic heterocycles. The van der Waals surface area contributed by atoms with Crippen LogP contribution in [0.15, 0.2) is 53.6 Å². The topological polar surface area (TPSA) is 135 Å². The summed E-state index contributed by atoms with van der Waals surface area (Å²) in [6, 6.07) is 9.80. The van der Waals surface area contributed by atoms with E-state index >= 15 is 0 Å². The van der Waals surface area contributed by atoms with Crippen molar-refractivity contribution in [2.24, 2.45) is 5.73 Å². The number of nitrogens with one attached hydrogen (secondary N) is 3. The lowest BCUT2D eigenvalue weighted by Crippen LogP contribution is -2.37. The van der Waals surface area contributed by atoms with Crippen LogP contribution in [0.25, 0.3) is 21.7 Å². The Bertz CT molecular complexity index is 1440. The van der Waals surface area contributed by atoms with Crippen molar-refractivity contribution in [3.05, 3.63) is 64.7 Å². The molecule has 4 aromatic rings. The molecular weight excluding hydrogens is 441 g/mol. The zero-order valence-corrected chi connectivity index (χ0v) is 16.9. The van der Waals surface area contributed by atoms with Gasteiger partial charge in [0.05, 0.1) is 28.4 Å². The quantitative estimate of drug-likeness (QED) is 0.352. The summed E-state index contributed by atoms with van der Waals surface area (Å²) in [5.41, 5.74) is 6.39. The van der Waals surface area contributed by atoms with E-state index in [1.54, 1.807) is 35.6 Å². The number of fused-ring (bicyclic) bond motifs is 2. The molecule has 0 fully saturated rings. The van der Waals surface area contributed by atoms with E-state index in [1.165, 1.54) is 18.5 Å². The minimum Gasteiger partial charge on any atom is -0.366 e. The lowest BCUT2D eigenvalue weighted by atomic mass is 10.1. The zero-order chi connectivity index (χ0) is 23.8. The van der Waals surface area contributed by atoms with Crippen molar-refractivity contribution < 1.29 is 22.8 Å². The molecule has 0 aliphatic carbocycles. The van der Waals surface area contributed by atoms with E-state index in [0.717, 1.165) is 4.57 Å². The second-order valence-corrected chi connectivity index (χ2v) is 7.26. The summed E-state index contributed by atoms with van der Waals surface area (Å²) < 4.78 is 38.0. The first-order chi connectivity index (χ1) is 15.6. The van der Waals surface area contributed by atoms with Crippen molar-refractivity contribution in [2.75, 3.05) is 11.9 Å². The summed E-state index contributed by atoms with van der Waals surface area (Å²) in [7, 11) is 0. The zero-order valence-electron chi connectivity index (χ0n) is 16.9. The number of carbonyl (C=O) groups excluding carboxylic acids is 2. The first kappa shape index (κ1) is 21.9. The summed E-state index contributed by atoms with van der Waals surface area (Å²) in [6.07, 6.45) is -1.70. The number of aromatic amines is 1. The summed E-state index contributed by atoms with van der Waals surface area (Å²) in [5, 5.41) is 12.8. The Morgan fingerprint density at radius 1 is 1.15 bits per heavy atom. The monoisotopic (exact) mass is 458 g/mol. The molecule has 0 radical (unpaired) electrons. The van der Waals surface area contributed by atoms with Gasteiger partial charge in [-0.25, -0.2) is 0 Å². The van der Waals surface area contributed by atoms with Gasteiger partial charge in [-0.05, 0) is 29.7 Å². The Labute approximate surface area is 183 Å². The Balaban J connectivity index is 1.70. The van der Waals surface area contributed by atoms with E-state index in [0.29, 0.717) is 27.7 Å². The van der Waals surface area contributed by atoms with Gasteiger partial charge in [0, 0.05) is 17.3 Å². The fraction of sp³-hybridized carbons (Fsp3) is 0.143. The number of hydrogen-bond acceptors (Lipinski definition) is 5. The van der Waals surface area contributed by atoms with Crippen LogP contribution in [0.2, 0.25) is 0 Å². The van der Waals surface area contributed by atoms with Gasteiger partial charge in [-0.2, -0.15) is 18.3 Å². The van der Waals surface area contributed by atoms with Crippen LogP contribution < -0.4 is 21.9 Å². The highest BCUT2D eigenvalue weighted by molar-refractivity contribution is 6.06. The molecule has 4 rings (SSSR count). The number of aromatic nitrogens is 3. The summed E-state index contributed by atoms with van der Waals surface area (Å²) in [6.45, 7) is -2.06. The maximum atomic E-state index is 13.1. The standard InChI is InChI=1S/C21H17F3N6O3/c22-21(23,24)10-26-16(31)9-30-5-4-11-2-1-3-15(17(11)20(30)33)28-13-6-12-8-27-29-18(12)14(7-13)19(25)32/h1-8,28H,9-10H2,(H2,25,32)(H,26,31)(H,27,29). The predicted octanol–water partition coefficient (Wildman–Crippen LogP) is 2.40. The second kappa shape index (κ2) is 8.30. The van der Waals surface area contributed by atoms with E-state index in [9.17, 15) is 27.6 Å². The van der Waals surface area contributed by atoms with Crippen LogP contribution in [0.3, 0.4) is 0 Å². The normalized spacial score (nSPS) is 11.6. The van der Waals surface area contributed by atoms with Crippen molar-refractivity contribution in [1.29, 1.82) is 0 Å². The molecule has 5 N–H and O–H groups in total. The molecule has 33 heavy (non-hydrogen) atoms. The third-order valence-electron chi connectivity index (χ3n) is 4.90. The summed E-state index contributed by atoms with van der Waals surface area (Å²) in [5.74, 6) is -1.62. The van der Waals surface area contributed by atoms with Gasteiger partial charge in [-0.15, -0.1) is 0 Å². The third-order valence-corrected chi connectivity index (χ3v) is 4.90. The largest absolute Gasteiger partial charge is 0.405 e. The number of nitrogens with zero attached hydrogens (tertiary/aromatic N) is 2. The Hall–Kier alpha value is -4.35. The molecule has 0 saturated heterocycles. The average Bonchev–Trinajstić information content (AvgIpc) is 3.22. The third kappa shape index (κ3) is 4.63. The van der Waals surface area contributed by atoms with Crippen molar-refractivity contribution in [3.8, 4) is 0 Å². The highest BCUT2D eigenvalue weighted by atomic mass is 19.4. The van der Waals surface area contributed by atoms with E-state index < -0.39 is 36.6 Å². The van der Waals surface area contributed by atoms with Crippen LogP contribution in [0.1, 0.15) is 10.4 Å². The van der Waals surface area contributed by atoms with Gasteiger partial charge < -0.3 is 20.9 Å². The molecule has 0 unspecified atom stereocenters. The molecule has 2 amide bonds. The van der Waals surface area contributed by atoms with Gasteiger partial charge in [0.1, 0.15) is 13.1 Å². The minimum absolute atomic E-state index is 0.200. The Kier molecular flexibility index (Phi) is 5.50. The van der Waals surface area contributed by atoms with E-state index in [4.69, 9.17) is 5.73 Å². The number of nitrogens with two attached hydrogens (primary N) is 1. The van der Waals surface area contributed by atoms with Crippen LogP contribution in [0.5, 0.6) is 0 Å². The molecule has 0 bridgehead atoms. The number of amides is 2. The van der Waals surface area contributed by atoms with Gasteiger partial charge in [-0.1, -0.05) is 12.1 Å². The number of halogens is 3. The van der Waals surface area contributed by atoms with Gasteiger partial charge in [0.15, 0.2) is 0 Å². The molecule has 0 spiro atoms. The van der Waals surface area contributed by atoms with Crippen molar-refractivity contribution >= 4 is 44.9 Å². The maximum absolute atomic E-state index is 13.1. The molecule has 2 aromatic carbocycles. The molecule has 0 saturated carbocycles. The molecule has 9 nitrogen and oxygen atoms in total. The first-order valence-electron chi connectivity index (χ1n) is 9.62.